The van der Waals surface area contributed by atoms with E-state index in [1.54, 1.807) is 7.05 Å². The minimum Gasteiger partial charge on any atom is -0.469 e. The minimum absolute atomic E-state index is 0. The van der Waals surface area contributed by atoms with Gasteiger partial charge in [-0.15, -0.1) is 12.4 Å². The summed E-state index contributed by atoms with van der Waals surface area (Å²) in [6.45, 7) is 3.58. The highest BCUT2D eigenvalue weighted by molar-refractivity contribution is 5.85. The van der Waals surface area contributed by atoms with E-state index in [0.29, 0.717) is 18.9 Å². The highest BCUT2D eigenvalue weighted by Crippen LogP contribution is 2.35. The van der Waals surface area contributed by atoms with E-state index in [9.17, 15) is 9.59 Å². The van der Waals surface area contributed by atoms with Crippen molar-refractivity contribution in [3.63, 3.8) is 0 Å². The number of ether oxygens (including phenoxy) is 2. The molecule has 0 spiro atoms. The number of anilines is 1. The van der Waals surface area contributed by atoms with Crippen LogP contribution >= 0.6 is 12.4 Å². The zero-order valence-corrected chi connectivity index (χ0v) is 15.1. The highest BCUT2D eigenvalue weighted by atomic mass is 35.5. The number of nitrogens with one attached hydrogen (secondary N) is 1. The fourth-order valence-corrected chi connectivity index (χ4v) is 2.58. The van der Waals surface area contributed by atoms with Crippen molar-refractivity contribution in [2.45, 2.75) is 32.3 Å². The van der Waals surface area contributed by atoms with Crippen molar-refractivity contribution in [3.8, 4) is 0 Å². The fraction of sp³-hybridized carbons (Fsp3) is 0.529. The molecular weight excluding hydrogens is 332 g/mol. The van der Waals surface area contributed by atoms with Crippen molar-refractivity contribution in [2.75, 3.05) is 32.6 Å². The lowest BCUT2D eigenvalue weighted by atomic mass is 9.95. The number of esters is 1. The SMILES string of the molecule is CCN(C)C(=O)OCc1ccc2c(c1)NCC2CCC(=O)OC.Cl. The van der Waals surface area contributed by atoms with Crippen LogP contribution in [0.5, 0.6) is 0 Å². The monoisotopic (exact) mass is 356 g/mol. The van der Waals surface area contributed by atoms with E-state index >= 15 is 0 Å². The van der Waals surface area contributed by atoms with E-state index in [-0.39, 0.29) is 31.1 Å². The third-order valence-electron chi connectivity index (χ3n) is 4.17. The molecule has 1 unspecified atom stereocenters. The summed E-state index contributed by atoms with van der Waals surface area (Å²) in [5, 5.41) is 3.35. The topological polar surface area (TPSA) is 67.9 Å². The summed E-state index contributed by atoms with van der Waals surface area (Å²) < 4.78 is 9.95. The molecule has 1 heterocycles. The minimum atomic E-state index is -0.322. The van der Waals surface area contributed by atoms with Gasteiger partial charge < -0.3 is 19.7 Å². The molecule has 1 aliphatic rings. The molecule has 1 aromatic carbocycles. The maximum absolute atomic E-state index is 11.7. The average Bonchev–Trinajstić information content (AvgIpc) is 2.98. The van der Waals surface area contributed by atoms with Gasteiger partial charge in [0, 0.05) is 38.2 Å². The summed E-state index contributed by atoms with van der Waals surface area (Å²) in [6.07, 6.45) is 0.865. The first-order valence-electron chi connectivity index (χ1n) is 7.86. The molecule has 7 heteroatoms. The number of amides is 1. The van der Waals surface area contributed by atoms with Gasteiger partial charge in [0.15, 0.2) is 0 Å². The molecule has 1 N–H and O–H groups in total. The number of nitrogens with zero attached hydrogens (tertiary/aromatic N) is 1. The van der Waals surface area contributed by atoms with Crippen LogP contribution < -0.4 is 5.32 Å². The van der Waals surface area contributed by atoms with Crippen LogP contribution in [0.1, 0.15) is 36.8 Å². The van der Waals surface area contributed by atoms with Crippen molar-refractivity contribution < 1.29 is 19.1 Å². The Morgan fingerprint density at radius 3 is 2.79 bits per heavy atom. The summed E-state index contributed by atoms with van der Waals surface area (Å²) in [4.78, 5) is 24.4. The molecule has 0 aromatic heterocycles. The Morgan fingerprint density at radius 2 is 2.12 bits per heavy atom. The summed E-state index contributed by atoms with van der Waals surface area (Å²) in [7, 11) is 3.12. The maximum atomic E-state index is 11.7. The Labute approximate surface area is 148 Å². The zero-order valence-electron chi connectivity index (χ0n) is 14.3. The molecule has 1 aromatic rings. The Bertz CT molecular complexity index is 580. The van der Waals surface area contributed by atoms with Crippen molar-refractivity contribution in [2.24, 2.45) is 0 Å². The van der Waals surface area contributed by atoms with Crippen LogP contribution in [-0.2, 0) is 20.9 Å². The summed E-state index contributed by atoms with van der Waals surface area (Å²) in [5.41, 5.74) is 3.20. The smallest absolute Gasteiger partial charge is 0.409 e. The lowest BCUT2D eigenvalue weighted by Crippen LogP contribution is -2.26. The molecule has 0 saturated heterocycles. The van der Waals surface area contributed by atoms with Gasteiger partial charge in [0.1, 0.15) is 6.61 Å². The van der Waals surface area contributed by atoms with E-state index in [2.05, 4.69) is 10.1 Å². The van der Waals surface area contributed by atoms with Crippen molar-refractivity contribution in [3.05, 3.63) is 29.3 Å². The van der Waals surface area contributed by atoms with Crippen molar-refractivity contribution in [1.82, 2.24) is 4.90 Å². The molecule has 0 fully saturated rings. The third kappa shape index (κ3) is 5.03. The van der Waals surface area contributed by atoms with Crippen LogP contribution in [0.15, 0.2) is 18.2 Å². The van der Waals surface area contributed by atoms with Gasteiger partial charge in [-0.25, -0.2) is 4.79 Å². The van der Waals surface area contributed by atoms with Gasteiger partial charge in [0.25, 0.3) is 0 Å². The molecule has 2 rings (SSSR count). The lowest BCUT2D eigenvalue weighted by Gasteiger charge is -2.15. The van der Waals surface area contributed by atoms with Gasteiger partial charge >= 0.3 is 12.1 Å². The Hall–Kier alpha value is -1.95. The number of benzene rings is 1. The van der Waals surface area contributed by atoms with Crippen LogP contribution in [0.25, 0.3) is 0 Å². The van der Waals surface area contributed by atoms with E-state index in [1.165, 1.54) is 17.6 Å². The second kappa shape index (κ2) is 9.37. The van der Waals surface area contributed by atoms with Gasteiger partial charge in [-0.3, -0.25) is 4.79 Å². The number of carbonyl (C=O) groups is 2. The molecule has 1 atom stereocenters. The van der Waals surface area contributed by atoms with Gasteiger partial charge in [-0.05, 0) is 30.5 Å². The van der Waals surface area contributed by atoms with Crippen molar-refractivity contribution >= 4 is 30.2 Å². The first-order chi connectivity index (χ1) is 11.0. The first kappa shape index (κ1) is 20.1. The molecule has 1 amide bonds. The molecule has 0 bridgehead atoms. The van der Waals surface area contributed by atoms with Gasteiger partial charge in [0.05, 0.1) is 7.11 Å². The van der Waals surface area contributed by atoms with Crippen LogP contribution in [0.4, 0.5) is 10.5 Å². The number of fused-ring (bicyclic) bond motifs is 1. The number of halogens is 1. The average molecular weight is 357 g/mol. The predicted molar refractivity (Wildman–Crippen MR) is 94.7 cm³/mol. The van der Waals surface area contributed by atoms with Crippen LogP contribution in [0, 0.1) is 0 Å². The van der Waals surface area contributed by atoms with Crippen molar-refractivity contribution in [1.29, 1.82) is 0 Å². The Morgan fingerprint density at radius 1 is 1.38 bits per heavy atom. The molecule has 0 saturated carbocycles. The number of rotatable bonds is 6. The van der Waals surface area contributed by atoms with Crippen LogP contribution in [-0.4, -0.2) is 44.2 Å². The number of hydrogen-bond acceptors (Lipinski definition) is 5. The Balaban J connectivity index is 0.00000288. The van der Waals surface area contributed by atoms with Gasteiger partial charge in [-0.2, -0.15) is 0 Å². The number of methoxy groups -OCH3 is 1. The van der Waals surface area contributed by atoms with E-state index in [1.807, 2.05) is 25.1 Å². The number of carbonyl (C=O) groups excluding carboxylic acids is 2. The molecule has 0 radical (unpaired) electrons. The van der Waals surface area contributed by atoms with Crippen LogP contribution in [0.2, 0.25) is 0 Å². The quantitative estimate of drug-likeness (QED) is 0.793. The molecule has 0 aliphatic carbocycles. The normalized spacial score (nSPS) is 14.9. The summed E-state index contributed by atoms with van der Waals surface area (Å²) >= 11 is 0. The number of hydrogen-bond donors (Lipinski definition) is 1. The van der Waals surface area contributed by atoms with E-state index in [4.69, 9.17) is 4.74 Å². The van der Waals surface area contributed by atoms with E-state index < -0.39 is 0 Å². The van der Waals surface area contributed by atoms with Gasteiger partial charge in [-0.1, -0.05) is 12.1 Å². The molecule has 134 valence electrons. The second-order valence-electron chi connectivity index (χ2n) is 5.68. The largest absolute Gasteiger partial charge is 0.469 e. The standard InChI is InChI=1S/C17H24N2O4.ClH/c1-4-19(2)17(21)23-11-12-5-7-14-13(6-8-16(20)22-3)10-18-15(14)9-12;/h5,7,9,13,18H,4,6,8,10-11H2,1-3H3;1H. The lowest BCUT2D eigenvalue weighted by molar-refractivity contribution is -0.140. The predicted octanol–water partition coefficient (Wildman–Crippen LogP) is 3.16. The summed E-state index contributed by atoms with van der Waals surface area (Å²) in [5.74, 6) is 0.133. The molecule has 6 nitrogen and oxygen atoms in total. The zero-order chi connectivity index (χ0) is 16.8. The van der Waals surface area contributed by atoms with E-state index in [0.717, 1.165) is 24.2 Å². The van der Waals surface area contributed by atoms with Gasteiger partial charge in [0.2, 0.25) is 0 Å². The summed E-state index contributed by atoms with van der Waals surface area (Å²) in [6, 6.07) is 6.02. The third-order valence-corrected chi connectivity index (χ3v) is 4.17. The molecule has 1 aliphatic heterocycles. The molecule has 24 heavy (non-hydrogen) atoms. The first-order valence-corrected chi connectivity index (χ1v) is 7.86. The molecular formula is C17H25ClN2O4. The Kier molecular flexibility index (Phi) is 7.85. The second-order valence-corrected chi connectivity index (χ2v) is 5.68. The maximum Gasteiger partial charge on any atom is 0.409 e. The fourth-order valence-electron chi connectivity index (χ4n) is 2.58. The van der Waals surface area contributed by atoms with Crippen LogP contribution in [0.3, 0.4) is 0 Å². The highest BCUT2D eigenvalue weighted by Gasteiger charge is 2.23.